The van der Waals surface area contributed by atoms with Gasteiger partial charge in [-0.1, -0.05) is 30.3 Å². The summed E-state index contributed by atoms with van der Waals surface area (Å²) < 4.78 is 16.2. The van der Waals surface area contributed by atoms with Gasteiger partial charge in [-0.25, -0.2) is 9.59 Å². The number of carbonyl (C=O) groups is 2. The van der Waals surface area contributed by atoms with Gasteiger partial charge in [0.05, 0.1) is 6.10 Å². The van der Waals surface area contributed by atoms with E-state index in [0.29, 0.717) is 25.9 Å². The van der Waals surface area contributed by atoms with Gasteiger partial charge in [-0.3, -0.25) is 0 Å². The Labute approximate surface area is 149 Å². The number of nitrogens with zero attached hydrogens (tertiary/aromatic N) is 1. The molecule has 25 heavy (non-hydrogen) atoms. The number of likely N-dealkylation sites (tertiary alicyclic amines) is 1. The number of carbonyl (C=O) groups excluding carboxylic acids is 2. The molecule has 138 valence electrons. The van der Waals surface area contributed by atoms with Crippen LogP contribution in [0, 0.1) is 0 Å². The highest BCUT2D eigenvalue weighted by Crippen LogP contribution is 2.17. The first kappa shape index (κ1) is 19.2. The van der Waals surface area contributed by atoms with Crippen molar-refractivity contribution in [2.45, 2.75) is 51.9 Å². The molecule has 6 nitrogen and oxygen atoms in total. The van der Waals surface area contributed by atoms with Crippen molar-refractivity contribution in [1.82, 2.24) is 4.90 Å². The molecule has 0 N–H and O–H groups in total. The molecule has 1 aliphatic rings. The van der Waals surface area contributed by atoms with Crippen molar-refractivity contribution < 1.29 is 23.8 Å². The van der Waals surface area contributed by atoms with Crippen LogP contribution in [0.4, 0.5) is 4.79 Å². The summed E-state index contributed by atoms with van der Waals surface area (Å²) in [5.41, 5.74) is 0.453. The van der Waals surface area contributed by atoms with Crippen molar-refractivity contribution >= 4 is 12.1 Å². The largest absolute Gasteiger partial charge is 0.459 e. The first-order valence-electron chi connectivity index (χ1n) is 8.62. The first-order valence-corrected chi connectivity index (χ1v) is 8.62. The van der Waals surface area contributed by atoms with Gasteiger partial charge in [-0.2, -0.15) is 0 Å². The topological polar surface area (TPSA) is 65.1 Å². The summed E-state index contributed by atoms with van der Waals surface area (Å²) in [5, 5.41) is 0. The van der Waals surface area contributed by atoms with E-state index in [9.17, 15) is 9.59 Å². The highest BCUT2D eigenvalue weighted by Gasteiger charge is 2.27. The van der Waals surface area contributed by atoms with Crippen LogP contribution >= 0.6 is 0 Å². The predicted octanol–water partition coefficient (Wildman–Crippen LogP) is 3.15. The Morgan fingerprint density at radius 2 is 1.76 bits per heavy atom. The van der Waals surface area contributed by atoms with E-state index in [4.69, 9.17) is 14.2 Å². The Bertz CT molecular complexity index is 559. The van der Waals surface area contributed by atoms with Crippen molar-refractivity contribution in [1.29, 1.82) is 0 Å². The van der Waals surface area contributed by atoms with Gasteiger partial charge in [0.1, 0.15) is 18.8 Å². The van der Waals surface area contributed by atoms with Crippen LogP contribution in [-0.4, -0.2) is 48.4 Å². The minimum absolute atomic E-state index is 0.0389. The lowest BCUT2D eigenvalue weighted by Gasteiger charge is -2.33. The number of amides is 1. The van der Waals surface area contributed by atoms with E-state index in [1.54, 1.807) is 4.90 Å². The van der Waals surface area contributed by atoms with Crippen molar-refractivity contribution in [2.75, 3.05) is 19.7 Å². The Morgan fingerprint density at radius 3 is 2.36 bits per heavy atom. The minimum atomic E-state index is -0.493. The third-order valence-electron chi connectivity index (χ3n) is 3.77. The average molecular weight is 349 g/mol. The zero-order chi connectivity index (χ0) is 18.3. The van der Waals surface area contributed by atoms with Crippen LogP contribution < -0.4 is 0 Å². The second kappa shape index (κ2) is 8.85. The number of benzene rings is 1. The molecule has 0 aromatic heterocycles. The van der Waals surface area contributed by atoms with Crippen LogP contribution in [-0.2, 0) is 25.6 Å². The molecule has 0 bridgehead atoms. The fourth-order valence-corrected chi connectivity index (χ4v) is 2.50. The molecule has 0 unspecified atom stereocenters. The van der Waals surface area contributed by atoms with Crippen molar-refractivity contribution in [3.63, 3.8) is 0 Å². The smallest absolute Gasteiger partial charge is 0.410 e. The molecule has 0 aliphatic carbocycles. The summed E-state index contributed by atoms with van der Waals surface area (Å²) in [6.45, 7) is 6.87. The summed E-state index contributed by atoms with van der Waals surface area (Å²) in [7, 11) is 0. The molecule has 1 aliphatic heterocycles. The van der Waals surface area contributed by atoms with Crippen LogP contribution in [0.25, 0.3) is 0 Å². The van der Waals surface area contributed by atoms with Gasteiger partial charge in [0.25, 0.3) is 0 Å². The molecule has 2 rings (SSSR count). The van der Waals surface area contributed by atoms with E-state index in [0.717, 1.165) is 5.56 Å². The zero-order valence-electron chi connectivity index (χ0n) is 15.2. The van der Waals surface area contributed by atoms with Gasteiger partial charge in [-0.05, 0) is 39.2 Å². The number of piperidine rings is 1. The summed E-state index contributed by atoms with van der Waals surface area (Å²) in [6.07, 6.45) is 1.03. The number of ether oxygens (including phenoxy) is 3. The minimum Gasteiger partial charge on any atom is -0.459 e. The SMILES string of the molecule is CC(C)(C)OC(=O)N1CCC(OCC(=O)OCc2ccccc2)CC1. The van der Waals surface area contributed by atoms with Crippen LogP contribution in [0.1, 0.15) is 39.2 Å². The maximum atomic E-state index is 12.0. The Morgan fingerprint density at radius 1 is 1.12 bits per heavy atom. The third-order valence-corrected chi connectivity index (χ3v) is 3.77. The van der Waals surface area contributed by atoms with E-state index in [1.165, 1.54) is 0 Å². The molecule has 1 amide bonds. The Balaban J connectivity index is 1.63. The highest BCUT2D eigenvalue weighted by atomic mass is 16.6. The predicted molar refractivity (Wildman–Crippen MR) is 93.0 cm³/mol. The molecule has 1 saturated heterocycles. The van der Waals surface area contributed by atoms with E-state index in [2.05, 4.69) is 0 Å². The lowest BCUT2D eigenvalue weighted by molar-refractivity contribution is -0.153. The number of esters is 1. The van der Waals surface area contributed by atoms with Crippen LogP contribution in [0.15, 0.2) is 30.3 Å². The molecule has 0 radical (unpaired) electrons. The van der Waals surface area contributed by atoms with Crippen LogP contribution in [0.2, 0.25) is 0 Å². The average Bonchev–Trinajstić information content (AvgIpc) is 2.58. The van der Waals surface area contributed by atoms with Gasteiger partial charge in [0.15, 0.2) is 0 Å². The monoisotopic (exact) mass is 349 g/mol. The molecule has 1 aromatic rings. The summed E-state index contributed by atoms with van der Waals surface area (Å²) in [4.78, 5) is 25.4. The van der Waals surface area contributed by atoms with Crippen molar-refractivity contribution in [3.8, 4) is 0 Å². The summed E-state index contributed by atoms with van der Waals surface area (Å²) in [5.74, 6) is -0.376. The molecule has 1 aromatic carbocycles. The Kier molecular flexibility index (Phi) is 6.82. The van der Waals surface area contributed by atoms with Crippen LogP contribution in [0.5, 0.6) is 0 Å². The van der Waals surface area contributed by atoms with Gasteiger partial charge < -0.3 is 19.1 Å². The van der Waals surface area contributed by atoms with E-state index in [-0.39, 0.29) is 31.4 Å². The maximum absolute atomic E-state index is 12.0. The first-order chi connectivity index (χ1) is 11.8. The lowest BCUT2D eigenvalue weighted by atomic mass is 10.1. The van der Waals surface area contributed by atoms with Crippen LogP contribution in [0.3, 0.4) is 0 Å². The third kappa shape index (κ3) is 7.13. The van der Waals surface area contributed by atoms with E-state index >= 15 is 0 Å². The molecule has 1 fully saturated rings. The highest BCUT2D eigenvalue weighted by molar-refractivity contribution is 5.70. The molecule has 0 atom stereocenters. The zero-order valence-corrected chi connectivity index (χ0v) is 15.2. The Hall–Kier alpha value is -2.08. The molecular weight excluding hydrogens is 322 g/mol. The number of hydrogen-bond donors (Lipinski definition) is 0. The number of rotatable bonds is 5. The quantitative estimate of drug-likeness (QED) is 0.764. The number of hydrogen-bond acceptors (Lipinski definition) is 5. The fourth-order valence-electron chi connectivity index (χ4n) is 2.50. The molecule has 0 spiro atoms. The van der Waals surface area contributed by atoms with E-state index in [1.807, 2.05) is 51.1 Å². The van der Waals surface area contributed by atoms with Gasteiger partial charge >= 0.3 is 12.1 Å². The summed E-state index contributed by atoms with van der Waals surface area (Å²) >= 11 is 0. The van der Waals surface area contributed by atoms with Gasteiger partial charge in [0.2, 0.25) is 0 Å². The molecular formula is C19H27NO5. The van der Waals surface area contributed by atoms with Crippen molar-refractivity contribution in [2.24, 2.45) is 0 Å². The normalized spacial score (nSPS) is 15.7. The van der Waals surface area contributed by atoms with Crippen molar-refractivity contribution in [3.05, 3.63) is 35.9 Å². The van der Waals surface area contributed by atoms with Gasteiger partial charge in [-0.15, -0.1) is 0 Å². The van der Waals surface area contributed by atoms with E-state index < -0.39 is 5.60 Å². The second-order valence-electron chi connectivity index (χ2n) is 7.12. The summed E-state index contributed by atoms with van der Waals surface area (Å²) in [6, 6.07) is 9.52. The molecule has 6 heteroatoms. The standard InChI is InChI=1S/C19H27NO5/c1-19(2,3)25-18(22)20-11-9-16(10-12-20)23-14-17(21)24-13-15-7-5-4-6-8-15/h4-8,16H,9-14H2,1-3H3. The second-order valence-corrected chi connectivity index (χ2v) is 7.12. The maximum Gasteiger partial charge on any atom is 0.410 e. The molecule has 1 heterocycles. The van der Waals surface area contributed by atoms with Gasteiger partial charge in [0, 0.05) is 13.1 Å². The lowest BCUT2D eigenvalue weighted by Crippen LogP contribution is -2.43. The molecule has 0 saturated carbocycles. The fraction of sp³-hybridized carbons (Fsp3) is 0.579.